The molecule has 0 bridgehead atoms. The lowest BCUT2D eigenvalue weighted by Gasteiger charge is -2.31. The van der Waals surface area contributed by atoms with E-state index in [0.717, 1.165) is 5.39 Å². The molecule has 12 heteroatoms. The Morgan fingerprint density at radius 1 is 1.00 bits per heavy atom. The largest absolute Gasteiger partial charge is 0.445 e. The summed E-state index contributed by atoms with van der Waals surface area (Å²) in [7, 11) is 0. The van der Waals surface area contributed by atoms with Crippen LogP contribution in [0.3, 0.4) is 0 Å². The van der Waals surface area contributed by atoms with Crippen molar-refractivity contribution in [3.8, 4) is 0 Å². The summed E-state index contributed by atoms with van der Waals surface area (Å²) < 4.78 is 5.12. The first-order valence-electron chi connectivity index (χ1n) is 9.68. The SMILES string of the molecule is NONC(=O)C(N)(N)[C@H](NC(=O)OCc1ccccc1)C(=O)Nc1cccc2cccnc12. The average Bonchev–Trinajstić information content (AvgIpc) is 2.82. The van der Waals surface area contributed by atoms with Crippen LogP contribution in [-0.2, 0) is 25.9 Å². The number of nitrogens with zero attached hydrogens (tertiary/aromatic N) is 1. The monoisotopic (exact) mass is 453 g/mol. The van der Waals surface area contributed by atoms with Crippen molar-refractivity contribution in [1.82, 2.24) is 15.8 Å². The van der Waals surface area contributed by atoms with Crippen molar-refractivity contribution in [1.29, 1.82) is 0 Å². The second kappa shape index (κ2) is 10.5. The summed E-state index contributed by atoms with van der Waals surface area (Å²) in [6.45, 7) is -0.0888. The van der Waals surface area contributed by atoms with Crippen molar-refractivity contribution >= 4 is 34.5 Å². The Hall–Kier alpha value is -4.10. The number of carbonyl (C=O) groups excluding carboxylic acids is 3. The minimum Gasteiger partial charge on any atom is -0.445 e. The number of alkyl carbamates (subject to hydrolysis) is 1. The van der Waals surface area contributed by atoms with E-state index < -0.39 is 29.6 Å². The Balaban J connectivity index is 1.82. The summed E-state index contributed by atoms with van der Waals surface area (Å²) in [4.78, 5) is 46.1. The van der Waals surface area contributed by atoms with Gasteiger partial charge in [0.1, 0.15) is 6.61 Å². The highest BCUT2D eigenvalue weighted by molar-refractivity contribution is 6.06. The molecular formula is C21H23N7O5. The Bertz CT molecular complexity index is 1130. The highest BCUT2D eigenvalue weighted by atomic mass is 16.8. The second-order valence-corrected chi connectivity index (χ2v) is 6.99. The van der Waals surface area contributed by atoms with Crippen LogP contribution in [-0.4, -0.2) is 34.6 Å². The van der Waals surface area contributed by atoms with E-state index in [-0.39, 0.29) is 6.61 Å². The maximum Gasteiger partial charge on any atom is 0.408 e. The maximum atomic E-state index is 13.1. The third kappa shape index (κ3) is 5.78. The van der Waals surface area contributed by atoms with Crippen LogP contribution in [0.5, 0.6) is 0 Å². The summed E-state index contributed by atoms with van der Waals surface area (Å²) in [6.07, 6.45) is 0.522. The zero-order valence-electron chi connectivity index (χ0n) is 17.4. The molecule has 0 saturated carbocycles. The van der Waals surface area contributed by atoms with Gasteiger partial charge >= 0.3 is 6.09 Å². The van der Waals surface area contributed by atoms with Gasteiger partial charge in [-0.3, -0.25) is 14.6 Å². The van der Waals surface area contributed by atoms with Gasteiger partial charge in [0.2, 0.25) is 0 Å². The molecule has 0 spiro atoms. The molecule has 1 heterocycles. The Morgan fingerprint density at radius 2 is 1.73 bits per heavy atom. The predicted molar refractivity (Wildman–Crippen MR) is 118 cm³/mol. The van der Waals surface area contributed by atoms with E-state index in [1.807, 2.05) is 0 Å². The predicted octanol–water partition coefficient (Wildman–Crippen LogP) is 0.00350. The molecule has 0 aliphatic carbocycles. The molecule has 0 aliphatic heterocycles. The van der Waals surface area contributed by atoms with Crippen LogP contribution in [0, 0.1) is 0 Å². The molecule has 0 saturated heterocycles. The number of ether oxygens (including phenoxy) is 1. The number of amides is 3. The lowest BCUT2D eigenvalue weighted by Crippen LogP contribution is -2.74. The molecule has 3 rings (SSSR count). The van der Waals surface area contributed by atoms with Crippen molar-refractivity contribution in [2.24, 2.45) is 17.4 Å². The van der Waals surface area contributed by atoms with E-state index in [0.29, 0.717) is 16.8 Å². The Kier molecular flexibility index (Phi) is 7.48. The first kappa shape index (κ1) is 23.6. The number of aromatic nitrogens is 1. The van der Waals surface area contributed by atoms with Crippen LogP contribution in [0.4, 0.5) is 10.5 Å². The molecule has 0 unspecified atom stereocenters. The van der Waals surface area contributed by atoms with Crippen LogP contribution in [0.1, 0.15) is 5.56 Å². The van der Waals surface area contributed by atoms with Gasteiger partial charge in [-0.2, -0.15) is 10.8 Å². The van der Waals surface area contributed by atoms with E-state index >= 15 is 0 Å². The number of carbonyl (C=O) groups is 3. The number of para-hydroxylation sites is 1. The molecule has 2 aromatic carbocycles. The van der Waals surface area contributed by atoms with Crippen molar-refractivity contribution in [3.05, 3.63) is 72.4 Å². The molecule has 12 nitrogen and oxygen atoms in total. The molecule has 0 fully saturated rings. The van der Waals surface area contributed by atoms with Crippen LogP contribution in [0.25, 0.3) is 10.9 Å². The number of hydroxylamine groups is 1. The van der Waals surface area contributed by atoms with Crippen LogP contribution >= 0.6 is 0 Å². The number of rotatable bonds is 8. The Morgan fingerprint density at radius 3 is 2.45 bits per heavy atom. The van der Waals surface area contributed by atoms with Crippen molar-refractivity contribution in [2.45, 2.75) is 18.3 Å². The third-order valence-corrected chi connectivity index (χ3v) is 4.65. The Labute approximate surface area is 188 Å². The van der Waals surface area contributed by atoms with Gasteiger partial charge in [-0.25, -0.2) is 10.3 Å². The number of nitrogens with one attached hydrogen (secondary N) is 3. The molecule has 1 atom stereocenters. The van der Waals surface area contributed by atoms with E-state index in [4.69, 9.17) is 22.1 Å². The van der Waals surface area contributed by atoms with Gasteiger partial charge in [-0.05, 0) is 17.7 Å². The van der Waals surface area contributed by atoms with Crippen molar-refractivity contribution in [2.75, 3.05) is 5.32 Å². The lowest BCUT2D eigenvalue weighted by molar-refractivity contribution is -0.142. The smallest absolute Gasteiger partial charge is 0.408 e. The molecule has 1 aromatic heterocycles. The minimum atomic E-state index is -2.47. The fourth-order valence-corrected chi connectivity index (χ4v) is 2.97. The number of hydrogen-bond acceptors (Lipinski definition) is 9. The molecule has 3 aromatic rings. The van der Waals surface area contributed by atoms with Gasteiger partial charge in [-0.15, -0.1) is 0 Å². The lowest BCUT2D eigenvalue weighted by atomic mass is 10.00. The molecular weight excluding hydrogens is 430 g/mol. The topological polar surface area (TPSA) is 197 Å². The molecule has 3 amide bonds. The number of benzene rings is 2. The average molecular weight is 453 g/mol. The highest BCUT2D eigenvalue weighted by Crippen LogP contribution is 2.21. The van der Waals surface area contributed by atoms with Gasteiger partial charge in [0.15, 0.2) is 11.7 Å². The molecule has 33 heavy (non-hydrogen) atoms. The van der Waals surface area contributed by atoms with Gasteiger partial charge in [0, 0.05) is 11.6 Å². The fourth-order valence-electron chi connectivity index (χ4n) is 2.97. The van der Waals surface area contributed by atoms with Gasteiger partial charge in [0.25, 0.3) is 11.8 Å². The van der Waals surface area contributed by atoms with Gasteiger partial charge in [-0.1, -0.05) is 48.5 Å². The second-order valence-electron chi connectivity index (χ2n) is 6.99. The number of anilines is 1. The molecule has 0 radical (unpaired) electrons. The number of fused-ring (bicyclic) bond motifs is 1. The van der Waals surface area contributed by atoms with E-state index in [1.165, 1.54) is 0 Å². The highest BCUT2D eigenvalue weighted by Gasteiger charge is 2.45. The molecule has 172 valence electrons. The third-order valence-electron chi connectivity index (χ3n) is 4.65. The van der Waals surface area contributed by atoms with Crippen LogP contribution in [0.2, 0.25) is 0 Å². The normalized spacial score (nSPS) is 12.0. The molecule has 0 aliphatic rings. The van der Waals surface area contributed by atoms with E-state index in [1.54, 1.807) is 72.3 Å². The standard InChI is InChI=1S/C21H23N7O5/c22-21(23,19(30)28-33-24)17(27-20(31)32-12-13-6-2-1-3-7-13)18(29)26-15-10-4-8-14-9-5-11-25-16(14)15/h1-11,17H,12,22-24H2,(H,26,29)(H,27,31)(H,28,30)/t17-/m1/s1. The zero-order valence-corrected chi connectivity index (χ0v) is 17.4. The first-order valence-corrected chi connectivity index (χ1v) is 9.68. The number of nitrogens with two attached hydrogens (primary N) is 3. The summed E-state index contributed by atoms with van der Waals surface area (Å²) in [6, 6.07) is 15.7. The minimum absolute atomic E-state index is 0.0888. The van der Waals surface area contributed by atoms with Crippen molar-refractivity contribution < 1.29 is 24.1 Å². The first-order chi connectivity index (χ1) is 15.8. The van der Waals surface area contributed by atoms with E-state index in [2.05, 4.69) is 20.6 Å². The fraction of sp³-hybridized carbons (Fsp3) is 0.143. The molecule has 9 N–H and O–H groups in total. The van der Waals surface area contributed by atoms with Gasteiger partial charge < -0.3 is 26.8 Å². The summed E-state index contributed by atoms with van der Waals surface area (Å²) in [5.74, 6) is 2.77. The van der Waals surface area contributed by atoms with Gasteiger partial charge in [0.05, 0.1) is 11.2 Å². The number of pyridine rings is 1. The van der Waals surface area contributed by atoms with Crippen LogP contribution < -0.4 is 33.5 Å². The zero-order chi connectivity index (χ0) is 23.8. The summed E-state index contributed by atoms with van der Waals surface area (Å²) in [5.41, 5.74) is 12.6. The summed E-state index contributed by atoms with van der Waals surface area (Å²) >= 11 is 0. The van der Waals surface area contributed by atoms with Crippen LogP contribution in [0.15, 0.2) is 66.9 Å². The quantitative estimate of drug-likeness (QED) is 0.201. The maximum absolute atomic E-state index is 13.1. The van der Waals surface area contributed by atoms with Crippen molar-refractivity contribution in [3.63, 3.8) is 0 Å². The summed E-state index contributed by atoms with van der Waals surface area (Å²) in [5, 5.41) is 5.57. The number of hydrogen-bond donors (Lipinski definition) is 6. The van der Waals surface area contributed by atoms with E-state index in [9.17, 15) is 14.4 Å².